The summed E-state index contributed by atoms with van der Waals surface area (Å²) in [5.41, 5.74) is 3.46. The van der Waals surface area contributed by atoms with Crippen molar-refractivity contribution in [3.63, 3.8) is 0 Å². The second-order valence-electron chi connectivity index (χ2n) is 4.96. The van der Waals surface area contributed by atoms with Crippen molar-refractivity contribution in [2.45, 2.75) is 33.4 Å². The molecule has 2 aromatic rings. The van der Waals surface area contributed by atoms with E-state index in [1.165, 1.54) is 18.1 Å². The van der Waals surface area contributed by atoms with Crippen LogP contribution in [-0.2, 0) is 11.3 Å². The van der Waals surface area contributed by atoms with Gasteiger partial charge in [0.25, 0.3) is 0 Å². The smallest absolute Gasteiger partial charge is 0.221 e. The third kappa shape index (κ3) is 3.92. The minimum atomic E-state index is -0.0311. The SMILES string of the molecule is CC(=O)Nc1ccsc1CN[C@H](C)c1cccc(C)c1. The molecular formula is C16H20N2OS. The van der Waals surface area contributed by atoms with E-state index in [-0.39, 0.29) is 11.9 Å². The molecule has 106 valence electrons. The molecule has 1 atom stereocenters. The quantitative estimate of drug-likeness (QED) is 0.877. The number of benzene rings is 1. The van der Waals surface area contributed by atoms with Gasteiger partial charge < -0.3 is 10.6 Å². The van der Waals surface area contributed by atoms with Gasteiger partial charge in [0.15, 0.2) is 0 Å². The van der Waals surface area contributed by atoms with Gasteiger partial charge in [-0.05, 0) is 30.9 Å². The number of aryl methyl sites for hydroxylation is 1. The fraction of sp³-hybridized carbons (Fsp3) is 0.312. The van der Waals surface area contributed by atoms with Gasteiger partial charge >= 0.3 is 0 Å². The molecule has 1 amide bonds. The van der Waals surface area contributed by atoms with E-state index in [1.807, 2.05) is 11.4 Å². The van der Waals surface area contributed by atoms with Crippen molar-refractivity contribution in [2.75, 3.05) is 5.32 Å². The normalized spacial score (nSPS) is 12.2. The van der Waals surface area contributed by atoms with E-state index in [0.29, 0.717) is 0 Å². The summed E-state index contributed by atoms with van der Waals surface area (Å²) in [5.74, 6) is -0.0311. The molecule has 0 saturated carbocycles. The third-order valence-electron chi connectivity index (χ3n) is 3.17. The fourth-order valence-electron chi connectivity index (χ4n) is 2.08. The van der Waals surface area contributed by atoms with Crippen molar-refractivity contribution in [1.82, 2.24) is 5.32 Å². The molecule has 2 rings (SSSR count). The predicted octanol–water partition coefficient (Wildman–Crippen LogP) is 3.87. The molecular weight excluding hydrogens is 268 g/mol. The summed E-state index contributed by atoms with van der Waals surface area (Å²) in [6, 6.07) is 10.7. The third-order valence-corrected chi connectivity index (χ3v) is 4.09. The summed E-state index contributed by atoms with van der Waals surface area (Å²) in [6.07, 6.45) is 0. The van der Waals surface area contributed by atoms with E-state index >= 15 is 0 Å². The highest BCUT2D eigenvalue weighted by Crippen LogP contribution is 2.23. The Balaban J connectivity index is 1.98. The standard InChI is InChI=1S/C16H20N2OS/c1-11-5-4-6-14(9-11)12(2)17-10-16-15(7-8-20-16)18-13(3)19/h4-9,12,17H,10H2,1-3H3,(H,18,19)/t12-/m1/s1. The number of anilines is 1. The van der Waals surface area contributed by atoms with Crippen molar-refractivity contribution in [3.05, 3.63) is 51.7 Å². The van der Waals surface area contributed by atoms with Gasteiger partial charge in [0, 0.05) is 24.4 Å². The number of nitrogens with one attached hydrogen (secondary N) is 2. The van der Waals surface area contributed by atoms with Crippen LogP contribution >= 0.6 is 11.3 Å². The molecule has 0 aliphatic carbocycles. The first-order valence-corrected chi connectivity index (χ1v) is 7.58. The van der Waals surface area contributed by atoms with Crippen LogP contribution in [0.5, 0.6) is 0 Å². The lowest BCUT2D eigenvalue weighted by molar-refractivity contribution is -0.114. The number of carbonyl (C=O) groups is 1. The summed E-state index contributed by atoms with van der Waals surface area (Å²) >= 11 is 1.65. The molecule has 0 unspecified atom stereocenters. The Hall–Kier alpha value is -1.65. The molecule has 4 heteroatoms. The van der Waals surface area contributed by atoms with Crippen LogP contribution in [0.1, 0.15) is 35.9 Å². The van der Waals surface area contributed by atoms with Crippen LogP contribution in [0.15, 0.2) is 35.7 Å². The van der Waals surface area contributed by atoms with Crippen LogP contribution in [0.25, 0.3) is 0 Å². The molecule has 1 aromatic carbocycles. The zero-order chi connectivity index (χ0) is 14.5. The predicted molar refractivity (Wildman–Crippen MR) is 85.1 cm³/mol. The lowest BCUT2D eigenvalue weighted by Gasteiger charge is -2.15. The number of hydrogen-bond acceptors (Lipinski definition) is 3. The van der Waals surface area contributed by atoms with Crippen LogP contribution in [0.2, 0.25) is 0 Å². The van der Waals surface area contributed by atoms with E-state index in [0.717, 1.165) is 17.1 Å². The second-order valence-corrected chi connectivity index (χ2v) is 5.96. The van der Waals surface area contributed by atoms with Crippen LogP contribution in [0, 0.1) is 6.92 Å². The number of amides is 1. The van der Waals surface area contributed by atoms with Gasteiger partial charge in [-0.3, -0.25) is 4.79 Å². The zero-order valence-electron chi connectivity index (χ0n) is 12.1. The number of rotatable bonds is 5. The first-order chi connectivity index (χ1) is 9.56. The fourth-order valence-corrected chi connectivity index (χ4v) is 2.86. The van der Waals surface area contributed by atoms with Crippen molar-refractivity contribution in [2.24, 2.45) is 0 Å². The molecule has 1 heterocycles. The average Bonchev–Trinajstić information content (AvgIpc) is 2.82. The first kappa shape index (κ1) is 14.8. The highest BCUT2D eigenvalue weighted by atomic mass is 32.1. The van der Waals surface area contributed by atoms with E-state index in [1.54, 1.807) is 11.3 Å². The lowest BCUT2D eigenvalue weighted by atomic mass is 10.1. The van der Waals surface area contributed by atoms with Gasteiger partial charge in [-0.2, -0.15) is 0 Å². The van der Waals surface area contributed by atoms with Gasteiger partial charge in [-0.25, -0.2) is 0 Å². The van der Waals surface area contributed by atoms with Gasteiger partial charge in [-0.1, -0.05) is 29.8 Å². The maximum absolute atomic E-state index is 11.1. The molecule has 1 aromatic heterocycles. The Bertz CT molecular complexity index is 592. The number of hydrogen-bond donors (Lipinski definition) is 2. The van der Waals surface area contributed by atoms with Crippen molar-refractivity contribution < 1.29 is 4.79 Å². The molecule has 0 fully saturated rings. The summed E-state index contributed by atoms with van der Waals surface area (Å²) in [7, 11) is 0. The maximum atomic E-state index is 11.1. The largest absolute Gasteiger partial charge is 0.325 e. The highest BCUT2D eigenvalue weighted by Gasteiger charge is 2.09. The monoisotopic (exact) mass is 288 g/mol. The first-order valence-electron chi connectivity index (χ1n) is 6.70. The van der Waals surface area contributed by atoms with Gasteiger partial charge in [0.2, 0.25) is 5.91 Å². The average molecular weight is 288 g/mol. The van der Waals surface area contributed by atoms with Crippen LogP contribution in [-0.4, -0.2) is 5.91 Å². The van der Waals surface area contributed by atoms with E-state index in [9.17, 15) is 4.79 Å². The maximum Gasteiger partial charge on any atom is 0.221 e. The molecule has 0 spiro atoms. The van der Waals surface area contributed by atoms with Crippen molar-refractivity contribution in [1.29, 1.82) is 0 Å². The van der Waals surface area contributed by atoms with E-state index in [2.05, 4.69) is 48.7 Å². The Morgan fingerprint density at radius 1 is 1.35 bits per heavy atom. The Kier molecular flexibility index (Phi) is 4.93. The van der Waals surface area contributed by atoms with Gasteiger partial charge in [0.1, 0.15) is 0 Å². The molecule has 0 bridgehead atoms. The Morgan fingerprint density at radius 2 is 2.15 bits per heavy atom. The molecule has 3 nitrogen and oxygen atoms in total. The second kappa shape index (κ2) is 6.68. The summed E-state index contributed by atoms with van der Waals surface area (Å²) in [4.78, 5) is 12.3. The molecule has 0 aliphatic heterocycles. The van der Waals surface area contributed by atoms with Crippen molar-refractivity contribution in [3.8, 4) is 0 Å². The van der Waals surface area contributed by atoms with Gasteiger partial charge in [-0.15, -0.1) is 11.3 Å². The van der Waals surface area contributed by atoms with Crippen LogP contribution < -0.4 is 10.6 Å². The molecule has 2 N–H and O–H groups in total. The van der Waals surface area contributed by atoms with E-state index in [4.69, 9.17) is 0 Å². The minimum absolute atomic E-state index is 0.0311. The highest BCUT2D eigenvalue weighted by molar-refractivity contribution is 7.10. The Labute approximate surface area is 124 Å². The topological polar surface area (TPSA) is 41.1 Å². The minimum Gasteiger partial charge on any atom is -0.325 e. The van der Waals surface area contributed by atoms with Crippen LogP contribution in [0.3, 0.4) is 0 Å². The number of carbonyl (C=O) groups excluding carboxylic acids is 1. The lowest BCUT2D eigenvalue weighted by Crippen LogP contribution is -2.18. The van der Waals surface area contributed by atoms with Crippen LogP contribution in [0.4, 0.5) is 5.69 Å². The summed E-state index contributed by atoms with van der Waals surface area (Å²) < 4.78 is 0. The summed E-state index contributed by atoms with van der Waals surface area (Å²) in [6.45, 7) is 6.54. The molecule has 20 heavy (non-hydrogen) atoms. The van der Waals surface area contributed by atoms with Crippen molar-refractivity contribution >= 4 is 22.9 Å². The Morgan fingerprint density at radius 3 is 2.85 bits per heavy atom. The van der Waals surface area contributed by atoms with E-state index < -0.39 is 0 Å². The van der Waals surface area contributed by atoms with Gasteiger partial charge in [0.05, 0.1) is 5.69 Å². The molecule has 0 saturated heterocycles. The number of thiophene rings is 1. The summed E-state index contributed by atoms with van der Waals surface area (Å²) in [5, 5.41) is 8.36. The molecule has 0 radical (unpaired) electrons. The molecule has 0 aliphatic rings. The zero-order valence-corrected chi connectivity index (χ0v) is 12.9.